The molecule has 33 heavy (non-hydrogen) atoms. The molecule has 4 atom stereocenters. The lowest BCUT2D eigenvalue weighted by molar-refractivity contribution is 0.289. The minimum atomic E-state index is 0.194. The van der Waals surface area contributed by atoms with Crippen LogP contribution in [0.3, 0.4) is 0 Å². The first kappa shape index (κ1) is 26.5. The molecule has 1 aromatic carbocycles. The number of hydrogen-bond donors (Lipinski definition) is 0. The Kier molecular flexibility index (Phi) is 12.1. The summed E-state index contributed by atoms with van der Waals surface area (Å²) in [6.07, 6.45) is 23.3. The van der Waals surface area contributed by atoms with Gasteiger partial charge in [0, 0.05) is 11.1 Å². The summed E-state index contributed by atoms with van der Waals surface area (Å²) in [7, 11) is 0. The molecule has 0 spiro atoms. The van der Waals surface area contributed by atoms with Crippen LogP contribution in [0, 0.1) is 0 Å². The van der Waals surface area contributed by atoms with Crippen LogP contribution in [-0.4, -0.2) is 18.8 Å². The molecule has 0 aliphatic carbocycles. The number of rotatable bonds is 20. The van der Waals surface area contributed by atoms with E-state index in [4.69, 9.17) is 14.2 Å². The second-order valence-electron chi connectivity index (χ2n) is 10.4. The number of epoxide rings is 2. The molecule has 0 saturated carbocycles. The van der Waals surface area contributed by atoms with Gasteiger partial charge in [0.2, 0.25) is 0 Å². The van der Waals surface area contributed by atoms with Gasteiger partial charge in [0.1, 0.15) is 18.0 Å². The molecular weight excluding hydrogens is 408 g/mol. The lowest BCUT2D eigenvalue weighted by Gasteiger charge is -2.14. The number of para-hydroxylation sites is 1. The van der Waals surface area contributed by atoms with E-state index in [0.29, 0.717) is 12.2 Å². The van der Waals surface area contributed by atoms with Crippen molar-refractivity contribution >= 4 is 0 Å². The molecule has 2 saturated heterocycles. The Bertz CT molecular complexity index is 624. The van der Waals surface area contributed by atoms with Crippen molar-refractivity contribution in [3.63, 3.8) is 0 Å². The van der Waals surface area contributed by atoms with Crippen molar-refractivity contribution in [1.82, 2.24) is 0 Å². The Morgan fingerprint density at radius 2 is 0.970 bits per heavy atom. The molecule has 188 valence electrons. The maximum atomic E-state index is 6.33. The predicted octanol–water partition coefficient (Wildman–Crippen LogP) is 9.25. The summed E-state index contributed by atoms with van der Waals surface area (Å²) in [4.78, 5) is 0. The molecule has 0 bridgehead atoms. The highest BCUT2D eigenvalue weighted by Crippen LogP contribution is 2.49. The van der Waals surface area contributed by atoms with Gasteiger partial charge in [-0.25, -0.2) is 0 Å². The topological polar surface area (TPSA) is 34.3 Å². The van der Waals surface area contributed by atoms with Crippen LogP contribution in [0.4, 0.5) is 0 Å². The Morgan fingerprint density at radius 3 is 1.33 bits per heavy atom. The van der Waals surface area contributed by atoms with Crippen molar-refractivity contribution in [3.05, 3.63) is 29.3 Å². The van der Waals surface area contributed by atoms with Crippen molar-refractivity contribution in [1.29, 1.82) is 0 Å². The lowest BCUT2D eigenvalue weighted by Crippen LogP contribution is -2.04. The smallest absolute Gasteiger partial charge is 0.131 e. The van der Waals surface area contributed by atoms with E-state index in [1.165, 1.54) is 107 Å². The molecule has 0 aromatic heterocycles. The van der Waals surface area contributed by atoms with Crippen molar-refractivity contribution < 1.29 is 14.2 Å². The molecule has 3 nitrogen and oxygen atoms in total. The zero-order valence-corrected chi connectivity index (χ0v) is 21.8. The van der Waals surface area contributed by atoms with Gasteiger partial charge in [-0.3, -0.25) is 0 Å². The molecule has 0 amide bonds. The Hall–Kier alpha value is -1.06. The fourth-order valence-corrected chi connectivity index (χ4v) is 5.04. The summed E-state index contributed by atoms with van der Waals surface area (Å²) in [6.45, 7) is 7.35. The SMILES string of the molecule is CCCCCCCCCCCCCCCCCCOc1c(C2OC2C)cccc1C1OC1C. The third-order valence-electron chi connectivity index (χ3n) is 7.36. The van der Waals surface area contributed by atoms with Crippen LogP contribution in [-0.2, 0) is 9.47 Å². The summed E-state index contributed by atoms with van der Waals surface area (Å²) < 4.78 is 17.8. The van der Waals surface area contributed by atoms with Gasteiger partial charge in [0.15, 0.2) is 0 Å². The van der Waals surface area contributed by atoms with Crippen LogP contribution < -0.4 is 4.74 Å². The third kappa shape index (κ3) is 9.61. The van der Waals surface area contributed by atoms with Crippen LogP contribution in [0.2, 0.25) is 0 Å². The Labute approximate surface area is 204 Å². The number of unbranched alkanes of at least 4 members (excludes halogenated alkanes) is 15. The predicted molar refractivity (Wildman–Crippen MR) is 138 cm³/mol. The van der Waals surface area contributed by atoms with Crippen LogP contribution in [0.15, 0.2) is 18.2 Å². The first-order valence-corrected chi connectivity index (χ1v) is 14.3. The second-order valence-corrected chi connectivity index (χ2v) is 10.4. The highest BCUT2D eigenvalue weighted by molar-refractivity contribution is 5.47. The molecule has 4 unspecified atom stereocenters. The molecular formula is C30H50O3. The molecule has 0 N–H and O–H groups in total. The largest absolute Gasteiger partial charge is 0.493 e. The van der Waals surface area contributed by atoms with Crippen molar-refractivity contribution in [2.75, 3.05) is 6.61 Å². The van der Waals surface area contributed by atoms with Gasteiger partial charge in [-0.1, -0.05) is 121 Å². The minimum absolute atomic E-state index is 0.194. The van der Waals surface area contributed by atoms with Crippen LogP contribution in [0.5, 0.6) is 5.75 Å². The summed E-state index contributed by atoms with van der Waals surface area (Å²) in [5, 5.41) is 0. The maximum absolute atomic E-state index is 6.33. The number of ether oxygens (including phenoxy) is 3. The fourth-order valence-electron chi connectivity index (χ4n) is 5.04. The van der Waals surface area contributed by atoms with Gasteiger partial charge < -0.3 is 14.2 Å². The zero-order chi connectivity index (χ0) is 23.3. The molecule has 2 heterocycles. The zero-order valence-electron chi connectivity index (χ0n) is 21.8. The monoisotopic (exact) mass is 458 g/mol. The maximum Gasteiger partial charge on any atom is 0.131 e. The van der Waals surface area contributed by atoms with E-state index in [1.54, 1.807) is 0 Å². The molecule has 1 aromatic rings. The van der Waals surface area contributed by atoms with Gasteiger partial charge in [-0.15, -0.1) is 0 Å². The van der Waals surface area contributed by atoms with E-state index in [9.17, 15) is 0 Å². The average Bonchev–Trinajstić information content (AvgIpc) is 3.73. The Morgan fingerprint density at radius 1 is 0.606 bits per heavy atom. The molecule has 2 aliphatic rings. The summed E-state index contributed by atoms with van der Waals surface area (Å²) >= 11 is 0. The van der Waals surface area contributed by atoms with Gasteiger partial charge in [0.05, 0.1) is 18.8 Å². The second kappa shape index (κ2) is 15.0. The summed E-state index contributed by atoms with van der Waals surface area (Å²) in [5.74, 6) is 1.03. The molecule has 2 fully saturated rings. The summed E-state index contributed by atoms with van der Waals surface area (Å²) in [5.41, 5.74) is 2.42. The van der Waals surface area contributed by atoms with Gasteiger partial charge in [0.25, 0.3) is 0 Å². The quantitative estimate of drug-likeness (QED) is 0.144. The third-order valence-corrected chi connectivity index (χ3v) is 7.36. The van der Waals surface area contributed by atoms with E-state index >= 15 is 0 Å². The first-order chi connectivity index (χ1) is 16.2. The van der Waals surface area contributed by atoms with Gasteiger partial charge in [-0.2, -0.15) is 0 Å². The standard InChI is InChI=1S/C30H50O3/c1-4-5-6-7-8-9-10-11-12-13-14-15-16-17-18-19-23-31-30-26(28-24(2)32-28)21-20-22-27(30)29-25(3)33-29/h20-22,24-25,28-29H,4-19,23H2,1-3H3. The lowest BCUT2D eigenvalue weighted by atomic mass is 10.0. The van der Waals surface area contributed by atoms with Gasteiger partial charge in [-0.05, 0) is 20.3 Å². The van der Waals surface area contributed by atoms with Crippen molar-refractivity contribution in [2.45, 2.75) is 148 Å². The van der Waals surface area contributed by atoms with E-state index < -0.39 is 0 Å². The molecule has 3 heteroatoms. The van der Waals surface area contributed by atoms with E-state index in [0.717, 1.165) is 18.8 Å². The summed E-state index contributed by atoms with van der Waals surface area (Å²) in [6, 6.07) is 6.44. The van der Waals surface area contributed by atoms with Crippen LogP contribution in [0.1, 0.15) is 147 Å². The minimum Gasteiger partial charge on any atom is -0.493 e. The van der Waals surface area contributed by atoms with E-state index in [1.807, 2.05) is 0 Å². The van der Waals surface area contributed by atoms with Crippen molar-refractivity contribution in [3.8, 4) is 5.75 Å². The first-order valence-electron chi connectivity index (χ1n) is 14.3. The highest BCUT2D eigenvalue weighted by Gasteiger charge is 2.42. The van der Waals surface area contributed by atoms with Crippen molar-refractivity contribution in [2.24, 2.45) is 0 Å². The van der Waals surface area contributed by atoms with E-state index in [2.05, 4.69) is 39.0 Å². The fraction of sp³-hybridized carbons (Fsp3) is 0.800. The Balaban J connectivity index is 1.17. The number of benzene rings is 1. The normalized spacial score (nSPS) is 23.6. The highest BCUT2D eigenvalue weighted by atomic mass is 16.6. The van der Waals surface area contributed by atoms with Gasteiger partial charge >= 0.3 is 0 Å². The molecule has 3 rings (SSSR count). The molecule has 0 radical (unpaired) electrons. The van der Waals surface area contributed by atoms with Crippen LogP contribution >= 0.6 is 0 Å². The average molecular weight is 459 g/mol. The van der Waals surface area contributed by atoms with Crippen LogP contribution in [0.25, 0.3) is 0 Å². The van der Waals surface area contributed by atoms with E-state index in [-0.39, 0.29) is 12.2 Å². The molecule has 2 aliphatic heterocycles. The number of hydrogen-bond acceptors (Lipinski definition) is 3.